The highest BCUT2D eigenvalue weighted by Crippen LogP contribution is 2.31. The smallest absolute Gasteiger partial charge is 0.111 e. The van der Waals surface area contributed by atoms with Gasteiger partial charge in [0.1, 0.15) is 5.82 Å². The minimum absolute atomic E-state index is 0.468. The van der Waals surface area contributed by atoms with E-state index in [2.05, 4.69) is 39.5 Å². The van der Waals surface area contributed by atoms with Crippen LogP contribution in [0.15, 0.2) is 30.9 Å². The summed E-state index contributed by atoms with van der Waals surface area (Å²) in [5, 5.41) is 0.733. The van der Waals surface area contributed by atoms with E-state index in [4.69, 9.17) is 11.6 Å². The monoisotopic (exact) mass is 290 g/mol. The van der Waals surface area contributed by atoms with Crippen LogP contribution in [0.4, 0.5) is 5.69 Å². The molecule has 0 saturated carbocycles. The molecule has 0 spiro atoms. The first kappa shape index (κ1) is 13.4. The zero-order valence-corrected chi connectivity index (χ0v) is 12.6. The van der Waals surface area contributed by atoms with E-state index in [0.29, 0.717) is 11.8 Å². The number of pyridine rings is 1. The van der Waals surface area contributed by atoms with Gasteiger partial charge in [-0.2, -0.15) is 0 Å². The van der Waals surface area contributed by atoms with Gasteiger partial charge in [-0.3, -0.25) is 4.98 Å². The number of hydrogen-bond donors (Lipinski definition) is 0. The van der Waals surface area contributed by atoms with Crippen LogP contribution in [0.25, 0.3) is 0 Å². The Morgan fingerprint density at radius 3 is 2.85 bits per heavy atom. The molecule has 4 nitrogen and oxygen atoms in total. The molecule has 0 unspecified atom stereocenters. The molecule has 0 aromatic carbocycles. The lowest BCUT2D eigenvalue weighted by Gasteiger charge is -2.41. The Morgan fingerprint density at radius 2 is 2.15 bits per heavy atom. The first-order chi connectivity index (χ1) is 9.65. The Morgan fingerprint density at radius 1 is 1.35 bits per heavy atom. The normalized spacial score (nSPS) is 15.7. The quantitative estimate of drug-likeness (QED) is 0.867. The molecule has 0 N–H and O–H groups in total. The fourth-order valence-corrected chi connectivity index (χ4v) is 3.00. The molecule has 0 atom stereocenters. The van der Waals surface area contributed by atoms with Gasteiger partial charge in [0.25, 0.3) is 0 Å². The predicted octanol–water partition coefficient (Wildman–Crippen LogP) is 3.19. The fraction of sp³-hybridized carbons (Fsp3) is 0.467. The molecule has 5 heteroatoms. The summed E-state index contributed by atoms with van der Waals surface area (Å²) in [5.41, 5.74) is 1.09. The van der Waals surface area contributed by atoms with Crippen molar-refractivity contribution in [2.24, 2.45) is 5.92 Å². The Kier molecular flexibility index (Phi) is 3.66. The van der Waals surface area contributed by atoms with Crippen LogP contribution in [0.2, 0.25) is 5.02 Å². The van der Waals surface area contributed by atoms with Crippen LogP contribution in [0.1, 0.15) is 25.6 Å². The highest BCUT2D eigenvalue weighted by Gasteiger charge is 2.29. The summed E-state index contributed by atoms with van der Waals surface area (Å²) in [5.74, 6) is 2.30. The van der Waals surface area contributed by atoms with Gasteiger partial charge in [-0.25, -0.2) is 4.98 Å². The highest BCUT2D eigenvalue weighted by molar-refractivity contribution is 6.33. The average molecular weight is 291 g/mol. The van der Waals surface area contributed by atoms with Gasteiger partial charge in [0, 0.05) is 56.3 Å². The minimum atomic E-state index is 0.468. The van der Waals surface area contributed by atoms with Gasteiger partial charge >= 0.3 is 0 Å². The van der Waals surface area contributed by atoms with E-state index in [1.54, 1.807) is 12.4 Å². The molecule has 1 aliphatic heterocycles. The van der Waals surface area contributed by atoms with E-state index in [1.165, 1.54) is 5.82 Å². The largest absolute Gasteiger partial charge is 0.369 e. The number of nitrogens with zero attached hydrogens (tertiary/aromatic N) is 4. The number of halogens is 1. The Hall–Kier alpha value is -1.55. The van der Waals surface area contributed by atoms with Crippen molar-refractivity contribution in [1.29, 1.82) is 0 Å². The number of imidazole rings is 1. The number of rotatable bonds is 4. The maximum absolute atomic E-state index is 6.17. The third-order valence-corrected chi connectivity index (χ3v) is 4.06. The number of anilines is 1. The molecule has 1 fully saturated rings. The molecule has 3 heterocycles. The first-order valence-corrected chi connectivity index (χ1v) is 7.38. The summed E-state index contributed by atoms with van der Waals surface area (Å²) in [4.78, 5) is 10.8. The second kappa shape index (κ2) is 5.44. The van der Waals surface area contributed by atoms with Crippen molar-refractivity contribution in [2.45, 2.75) is 26.3 Å². The van der Waals surface area contributed by atoms with Gasteiger partial charge in [-0.15, -0.1) is 0 Å². The van der Waals surface area contributed by atoms with Crippen LogP contribution in [0, 0.1) is 5.92 Å². The molecular formula is C15H19ClN4. The third kappa shape index (κ3) is 2.52. The molecule has 1 saturated heterocycles. The van der Waals surface area contributed by atoms with Crippen LogP contribution in [-0.2, 0) is 6.54 Å². The molecule has 3 rings (SSSR count). The molecule has 0 amide bonds. The lowest BCUT2D eigenvalue weighted by atomic mass is 9.99. The standard InChI is InChI=1S/C15H19ClN4/c1-11(2)15-18-5-6-19(15)8-12-9-20(10-12)14-3-4-17-7-13(14)16/h3-7,11-12H,8-10H2,1-2H3. The van der Waals surface area contributed by atoms with E-state index in [9.17, 15) is 0 Å². The zero-order valence-electron chi connectivity index (χ0n) is 11.8. The summed E-state index contributed by atoms with van der Waals surface area (Å²) in [6, 6.07) is 1.98. The zero-order chi connectivity index (χ0) is 14.1. The second-order valence-corrected chi connectivity index (χ2v) is 6.10. The maximum atomic E-state index is 6.17. The SMILES string of the molecule is CC(C)c1nccn1CC1CN(c2ccncc2Cl)C1. The topological polar surface area (TPSA) is 34.0 Å². The summed E-state index contributed by atoms with van der Waals surface area (Å²) in [7, 11) is 0. The van der Waals surface area contributed by atoms with Crippen LogP contribution >= 0.6 is 11.6 Å². The molecule has 0 bridgehead atoms. The van der Waals surface area contributed by atoms with Crippen molar-refractivity contribution >= 4 is 17.3 Å². The van der Waals surface area contributed by atoms with Crippen LogP contribution in [0.3, 0.4) is 0 Å². The number of hydrogen-bond acceptors (Lipinski definition) is 3. The summed E-state index contributed by atoms with van der Waals surface area (Å²) >= 11 is 6.17. The Balaban J connectivity index is 1.61. The van der Waals surface area contributed by atoms with E-state index in [1.807, 2.05) is 12.3 Å². The van der Waals surface area contributed by atoms with Crippen molar-refractivity contribution in [1.82, 2.24) is 14.5 Å². The van der Waals surface area contributed by atoms with E-state index in [-0.39, 0.29) is 0 Å². The summed E-state index contributed by atoms with van der Waals surface area (Å²) in [6.45, 7) is 7.48. The maximum Gasteiger partial charge on any atom is 0.111 e. The molecule has 0 radical (unpaired) electrons. The highest BCUT2D eigenvalue weighted by atomic mass is 35.5. The van der Waals surface area contributed by atoms with Crippen LogP contribution in [0.5, 0.6) is 0 Å². The van der Waals surface area contributed by atoms with Crippen molar-refractivity contribution in [3.63, 3.8) is 0 Å². The van der Waals surface area contributed by atoms with Gasteiger partial charge in [-0.1, -0.05) is 25.4 Å². The fourth-order valence-electron chi connectivity index (χ4n) is 2.76. The number of aromatic nitrogens is 3. The lowest BCUT2D eigenvalue weighted by molar-refractivity contribution is 0.351. The summed E-state index contributed by atoms with van der Waals surface area (Å²) in [6.07, 6.45) is 7.47. The molecule has 0 aliphatic carbocycles. The average Bonchev–Trinajstić information content (AvgIpc) is 2.83. The summed E-state index contributed by atoms with van der Waals surface area (Å²) < 4.78 is 2.28. The van der Waals surface area contributed by atoms with Gasteiger partial charge in [0.2, 0.25) is 0 Å². The molecule has 20 heavy (non-hydrogen) atoms. The van der Waals surface area contributed by atoms with E-state index in [0.717, 1.165) is 30.3 Å². The lowest BCUT2D eigenvalue weighted by Crippen LogP contribution is -2.48. The first-order valence-electron chi connectivity index (χ1n) is 7.00. The van der Waals surface area contributed by atoms with Crippen LogP contribution < -0.4 is 4.90 Å². The molecule has 2 aromatic heterocycles. The van der Waals surface area contributed by atoms with Crippen molar-refractivity contribution in [3.8, 4) is 0 Å². The molecular weight excluding hydrogens is 272 g/mol. The second-order valence-electron chi connectivity index (χ2n) is 5.69. The Labute approximate surface area is 124 Å². The predicted molar refractivity (Wildman–Crippen MR) is 81.3 cm³/mol. The molecule has 1 aliphatic rings. The van der Waals surface area contributed by atoms with Gasteiger partial charge in [-0.05, 0) is 6.07 Å². The van der Waals surface area contributed by atoms with Crippen molar-refractivity contribution in [3.05, 3.63) is 41.7 Å². The van der Waals surface area contributed by atoms with E-state index < -0.39 is 0 Å². The van der Waals surface area contributed by atoms with Gasteiger partial charge in [0.05, 0.1) is 10.7 Å². The van der Waals surface area contributed by atoms with E-state index >= 15 is 0 Å². The molecule has 106 valence electrons. The van der Waals surface area contributed by atoms with Crippen LogP contribution in [-0.4, -0.2) is 27.6 Å². The van der Waals surface area contributed by atoms with Crippen molar-refractivity contribution in [2.75, 3.05) is 18.0 Å². The Bertz CT molecular complexity index is 587. The minimum Gasteiger partial charge on any atom is -0.369 e. The molecule has 2 aromatic rings. The van der Waals surface area contributed by atoms with Gasteiger partial charge in [0.15, 0.2) is 0 Å². The van der Waals surface area contributed by atoms with Crippen molar-refractivity contribution < 1.29 is 0 Å². The van der Waals surface area contributed by atoms with Gasteiger partial charge < -0.3 is 9.47 Å². The third-order valence-electron chi connectivity index (χ3n) is 3.77.